The van der Waals surface area contributed by atoms with E-state index in [4.69, 9.17) is 14.9 Å². The Hall–Kier alpha value is 0.502. The normalized spacial score (nSPS) is 33.0. The van der Waals surface area contributed by atoms with E-state index in [2.05, 4.69) is 4.74 Å². The molecule has 1 radical (unpaired) electrons. The topological polar surface area (TPSA) is 58.9 Å². The maximum Gasteiger partial charge on any atom is 0.1000 e. The summed E-state index contributed by atoms with van der Waals surface area (Å²) in [5.41, 5.74) is 0. The van der Waals surface area contributed by atoms with Gasteiger partial charge >= 0.3 is 0 Å². The van der Waals surface area contributed by atoms with Gasteiger partial charge < -0.3 is 19.7 Å². The molecule has 0 aromatic carbocycles. The summed E-state index contributed by atoms with van der Waals surface area (Å²) >= 11 is 0. The van der Waals surface area contributed by atoms with E-state index < -0.39 is 12.2 Å². The minimum absolute atomic E-state index is 0. The Balaban J connectivity index is 0.000000810. The predicted octanol–water partition coefficient (Wildman–Crippen LogP) is -1.13. The molecule has 1 aliphatic heterocycles. The van der Waals surface area contributed by atoms with Crippen molar-refractivity contribution in [3.05, 3.63) is 6.79 Å². The van der Waals surface area contributed by atoms with Crippen LogP contribution in [-0.4, -0.2) is 35.6 Å². The molecule has 0 saturated carbocycles. The fraction of sp³-hybridized carbons (Fsp3) is 0.800. The molecule has 0 unspecified atom stereocenters. The Morgan fingerprint density at radius 2 is 2.30 bits per heavy atom. The summed E-state index contributed by atoms with van der Waals surface area (Å²) in [5.74, 6) is 0. The zero-order valence-corrected chi connectivity index (χ0v) is 7.95. The smallest absolute Gasteiger partial charge is 0.1000 e. The van der Waals surface area contributed by atoms with Gasteiger partial charge in [0.15, 0.2) is 0 Å². The molecule has 0 spiro atoms. The van der Waals surface area contributed by atoms with Gasteiger partial charge in [-0.15, -0.1) is 0 Å². The van der Waals surface area contributed by atoms with Gasteiger partial charge in [0.2, 0.25) is 0 Å². The number of ether oxygens (including phenoxy) is 2. The van der Waals surface area contributed by atoms with E-state index in [1.807, 2.05) is 0 Å². The molecule has 1 rings (SSSR count). The summed E-state index contributed by atoms with van der Waals surface area (Å²) in [4.78, 5) is 0. The molecule has 1 heterocycles. The summed E-state index contributed by atoms with van der Waals surface area (Å²) in [7, 11) is 0. The fourth-order valence-corrected chi connectivity index (χ4v) is 0.611. The van der Waals surface area contributed by atoms with Gasteiger partial charge in [-0.2, -0.15) is 0 Å². The van der Waals surface area contributed by atoms with Crippen LogP contribution in [0.1, 0.15) is 0 Å². The quantitative estimate of drug-likeness (QED) is 0.601. The van der Waals surface area contributed by atoms with E-state index in [9.17, 15) is 0 Å². The third-order valence-corrected chi connectivity index (χ3v) is 1.17. The molecule has 0 aromatic rings. The van der Waals surface area contributed by atoms with Crippen molar-refractivity contribution in [2.45, 2.75) is 12.2 Å². The summed E-state index contributed by atoms with van der Waals surface area (Å²) in [5, 5.41) is 17.4. The van der Waals surface area contributed by atoms with Gasteiger partial charge in [-0.1, -0.05) is 6.79 Å². The fourth-order valence-electron chi connectivity index (χ4n) is 0.611. The van der Waals surface area contributed by atoms with Crippen LogP contribution in [0.5, 0.6) is 0 Å². The Labute approximate surface area is 72.8 Å². The number of aliphatic hydroxyl groups excluding tert-OH is 2. The van der Waals surface area contributed by atoms with E-state index in [0.717, 1.165) is 6.79 Å². The van der Waals surface area contributed by atoms with Crippen LogP contribution in [0.15, 0.2) is 0 Å². The van der Waals surface area contributed by atoms with E-state index in [0.29, 0.717) is 0 Å². The summed E-state index contributed by atoms with van der Waals surface area (Å²) in [6.45, 7) is 1.15. The number of hydrogen-bond donors (Lipinski definition) is 2. The molecule has 0 aliphatic carbocycles. The maximum absolute atomic E-state index is 8.94. The van der Waals surface area contributed by atoms with Crippen LogP contribution in [-0.2, 0) is 29.9 Å². The third kappa shape index (κ3) is 2.62. The van der Waals surface area contributed by atoms with Gasteiger partial charge in [0.1, 0.15) is 0 Å². The molecule has 1 fully saturated rings. The van der Waals surface area contributed by atoms with Crippen molar-refractivity contribution in [2.75, 3.05) is 13.2 Å². The molecular weight excluding hydrogens is 310 g/mol. The van der Waals surface area contributed by atoms with Crippen molar-refractivity contribution in [1.82, 2.24) is 0 Å². The van der Waals surface area contributed by atoms with E-state index >= 15 is 0 Å². The van der Waals surface area contributed by atoms with E-state index in [1.54, 1.807) is 0 Å². The third-order valence-electron chi connectivity index (χ3n) is 1.17. The average Bonchev–Trinajstić information content (AvgIpc) is 1.89. The van der Waals surface area contributed by atoms with Gasteiger partial charge in [0.25, 0.3) is 0 Å². The minimum atomic E-state index is -0.708. The molecule has 5 heteroatoms. The monoisotopic (exact) mass is 320 g/mol. The second-order valence-corrected chi connectivity index (χ2v) is 1.85. The number of aliphatic hydroxyl groups is 2. The molecule has 4 nitrogen and oxygen atoms in total. The van der Waals surface area contributed by atoms with E-state index in [-0.39, 0.29) is 33.6 Å². The first kappa shape index (κ1) is 10.5. The second kappa shape index (κ2) is 5.19. The van der Waals surface area contributed by atoms with Crippen LogP contribution < -0.4 is 0 Å². The summed E-state index contributed by atoms with van der Waals surface area (Å²) in [6.07, 6.45) is -1.22. The van der Waals surface area contributed by atoms with Crippen LogP contribution >= 0.6 is 0 Å². The van der Waals surface area contributed by atoms with Crippen LogP contribution in [0.3, 0.4) is 0 Å². The van der Waals surface area contributed by atoms with Crippen LogP contribution in [0.25, 0.3) is 0 Å². The second-order valence-electron chi connectivity index (χ2n) is 1.85. The molecule has 0 bridgehead atoms. The first-order chi connectivity index (χ1) is 4.34. The van der Waals surface area contributed by atoms with Gasteiger partial charge in [0, 0.05) is 27.0 Å². The Morgan fingerprint density at radius 1 is 1.60 bits per heavy atom. The summed E-state index contributed by atoms with van der Waals surface area (Å²) in [6, 6.07) is 0. The van der Waals surface area contributed by atoms with Crippen LogP contribution in [0.4, 0.5) is 0 Å². The van der Waals surface area contributed by atoms with Crippen molar-refractivity contribution in [2.24, 2.45) is 0 Å². The SMILES string of the molecule is OC[C@@H]1O[CH-]OC[C@H]1O.[Re]. The van der Waals surface area contributed by atoms with Crippen LogP contribution in [0.2, 0.25) is 0 Å². The summed E-state index contributed by atoms with van der Waals surface area (Å²) < 4.78 is 9.30. The molecule has 0 amide bonds. The minimum Gasteiger partial charge on any atom is -0.523 e. The molecule has 61 valence electrons. The maximum atomic E-state index is 8.94. The Morgan fingerprint density at radius 3 is 2.70 bits per heavy atom. The Kier molecular flexibility index (Phi) is 5.45. The zero-order valence-electron chi connectivity index (χ0n) is 5.24. The van der Waals surface area contributed by atoms with Gasteiger partial charge in [-0.05, 0) is 0 Å². The molecular formula is C5H9O4Re-. The van der Waals surface area contributed by atoms with E-state index in [1.165, 1.54) is 0 Å². The van der Waals surface area contributed by atoms with Crippen molar-refractivity contribution < 1.29 is 40.1 Å². The molecule has 1 saturated heterocycles. The molecule has 10 heavy (non-hydrogen) atoms. The molecule has 2 N–H and O–H groups in total. The van der Waals surface area contributed by atoms with Crippen molar-refractivity contribution in [1.29, 1.82) is 0 Å². The van der Waals surface area contributed by atoms with Crippen LogP contribution in [0, 0.1) is 6.79 Å². The van der Waals surface area contributed by atoms with Gasteiger partial charge in [-0.25, -0.2) is 0 Å². The largest absolute Gasteiger partial charge is 0.523 e. The van der Waals surface area contributed by atoms with Crippen molar-refractivity contribution in [3.63, 3.8) is 0 Å². The average molecular weight is 319 g/mol. The molecule has 0 aromatic heterocycles. The first-order valence-corrected chi connectivity index (χ1v) is 2.72. The zero-order chi connectivity index (χ0) is 6.69. The standard InChI is InChI=1S/C5H9O4.Re/c6-1-5-4(7)2-8-3-9-5;/h3-7H,1-2H2;/q-1;/t4-,5+;/m1./s1. The molecule has 2 atom stereocenters. The molecule has 1 aliphatic rings. The number of rotatable bonds is 1. The van der Waals surface area contributed by atoms with Crippen molar-refractivity contribution >= 4 is 0 Å². The Bertz CT molecular complexity index is 89.7. The first-order valence-electron chi connectivity index (χ1n) is 2.72. The van der Waals surface area contributed by atoms with Crippen molar-refractivity contribution in [3.8, 4) is 0 Å². The van der Waals surface area contributed by atoms with Gasteiger partial charge in [0.05, 0.1) is 18.8 Å². The van der Waals surface area contributed by atoms with Gasteiger partial charge in [-0.3, -0.25) is 0 Å². The number of hydrogen-bond acceptors (Lipinski definition) is 4. The predicted molar refractivity (Wildman–Crippen MR) is 28.2 cm³/mol.